The highest BCUT2D eigenvalue weighted by Crippen LogP contribution is 2.30. The number of anilines is 1. The zero-order valence-corrected chi connectivity index (χ0v) is 16.2. The highest BCUT2D eigenvalue weighted by Gasteiger charge is 2.27. The summed E-state index contributed by atoms with van der Waals surface area (Å²) in [7, 11) is 1.21. The highest BCUT2D eigenvalue weighted by atomic mass is 127. The van der Waals surface area contributed by atoms with Crippen molar-refractivity contribution in [2.24, 2.45) is 0 Å². The zero-order chi connectivity index (χ0) is 18.4. The van der Waals surface area contributed by atoms with Crippen LogP contribution < -0.4 is 10.1 Å². The van der Waals surface area contributed by atoms with Crippen LogP contribution in [0.5, 0.6) is 5.75 Å². The summed E-state index contributed by atoms with van der Waals surface area (Å²) in [5.41, 5.74) is 0.725. The van der Waals surface area contributed by atoms with Crippen molar-refractivity contribution in [1.82, 2.24) is 0 Å². The van der Waals surface area contributed by atoms with Crippen LogP contribution >= 0.6 is 22.6 Å². The van der Waals surface area contributed by atoms with Crippen molar-refractivity contribution in [3.63, 3.8) is 0 Å². The molecule has 1 aromatic heterocycles. The maximum atomic E-state index is 12.3. The average Bonchev–Trinajstić information content (AvgIpc) is 2.94. The number of methoxy groups -OCH3 is 1. The lowest BCUT2D eigenvalue weighted by Crippen LogP contribution is -2.23. The molecule has 1 heterocycles. The fourth-order valence-corrected chi connectivity index (χ4v) is 2.41. The van der Waals surface area contributed by atoms with Gasteiger partial charge in [-0.05, 0) is 60.7 Å². The summed E-state index contributed by atoms with van der Waals surface area (Å²) >= 11 is 2.19. The fraction of sp³-hybridized carbons (Fsp3) is 0.294. The molecule has 1 aromatic carbocycles. The van der Waals surface area contributed by atoms with Crippen molar-refractivity contribution in [3.8, 4) is 5.75 Å². The van der Waals surface area contributed by atoms with Crippen LogP contribution in [-0.4, -0.2) is 25.8 Å². The minimum absolute atomic E-state index is 0.181. The van der Waals surface area contributed by atoms with E-state index in [1.165, 1.54) is 13.2 Å². The molecule has 134 valence electrons. The third kappa shape index (κ3) is 5.12. The molecule has 0 radical (unpaired) electrons. The number of rotatable bonds is 6. The Bertz CT molecular complexity index is 740. The molecule has 0 bridgehead atoms. The van der Waals surface area contributed by atoms with Crippen LogP contribution in [0.15, 0.2) is 34.7 Å². The molecule has 25 heavy (non-hydrogen) atoms. The summed E-state index contributed by atoms with van der Waals surface area (Å²) in [5, 5.41) is 3.07. The van der Waals surface area contributed by atoms with E-state index in [9.17, 15) is 9.59 Å². The average molecular weight is 459 g/mol. The fourth-order valence-electron chi connectivity index (χ4n) is 2.05. The quantitative estimate of drug-likeness (QED) is 0.515. The molecule has 7 nitrogen and oxygen atoms in total. The number of carbonyl (C=O) groups is 2. The summed E-state index contributed by atoms with van der Waals surface area (Å²) in [6, 6.07) is 8.08. The van der Waals surface area contributed by atoms with Gasteiger partial charge in [-0.25, -0.2) is 9.59 Å². The van der Waals surface area contributed by atoms with Gasteiger partial charge in [0.25, 0.3) is 0 Å². The molecule has 1 unspecified atom stereocenters. The maximum absolute atomic E-state index is 12.3. The standard InChI is InChI=1S/C17H18INO6/c1-4-23-16(20)15(19-12-7-5-11(18)6-8-12)14-9-13(10(2)24-14)25-17(21)22-3/h5-9,15,19H,4H2,1-3H3. The van der Waals surface area contributed by atoms with Crippen molar-refractivity contribution >= 4 is 40.4 Å². The van der Waals surface area contributed by atoms with E-state index in [0.717, 1.165) is 9.26 Å². The lowest BCUT2D eigenvalue weighted by molar-refractivity contribution is -0.144. The van der Waals surface area contributed by atoms with E-state index >= 15 is 0 Å². The van der Waals surface area contributed by atoms with Crippen LogP contribution in [0, 0.1) is 10.5 Å². The summed E-state index contributed by atoms with van der Waals surface area (Å²) < 4.78 is 21.2. The first kappa shape index (κ1) is 19.1. The van der Waals surface area contributed by atoms with E-state index < -0.39 is 18.2 Å². The number of ether oxygens (including phenoxy) is 3. The van der Waals surface area contributed by atoms with Gasteiger partial charge >= 0.3 is 12.1 Å². The molecular formula is C17H18INO6. The van der Waals surface area contributed by atoms with Crippen LogP contribution in [0.3, 0.4) is 0 Å². The Morgan fingerprint density at radius 3 is 2.56 bits per heavy atom. The van der Waals surface area contributed by atoms with Crippen molar-refractivity contribution in [3.05, 3.63) is 45.4 Å². The number of furan rings is 1. The van der Waals surface area contributed by atoms with Gasteiger partial charge < -0.3 is 23.9 Å². The van der Waals surface area contributed by atoms with Crippen LogP contribution in [0.25, 0.3) is 0 Å². The summed E-state index contributed by atoms with van der Waals surface area (Å²) in [6.45, 7) is 3.57. The predicted octanol–water partition coefficient (Wildman–Crippen LogP) is 4.05. The van der Waals surface area contributed by atoms with Crippen LogP contribution in [0.2, 0.25) is 0 Å². The molecule has 1 N–H and O–H groups in total. The second kappa shape index (κ2) is 8.75. The molecule has 0 aliphatic heterocycles. The largest absolute Gasteiger partial charge is 0.513 e. The van der Waals surface area contributed by atoms with Gasteiger partial charge in [0.1, 0.15) is 11.5 Å². The van der Waals surface area contributed by atoms with E-state index in [4.69, 9.17) is 13.9 Å². The third-order valence-electron chi connectivity index (χ3n) is 3.21. The SMILES string of the molecule is CCOC(=O)C(Nc1ccc(I)cc1)c1cc(OC(=O)OC)c(C)o1. The van der Waals surface area contributed by atoms with E-state index in [-0.39, 0.29) is 18.1 Å². The number of halogens is 1. The predicted molar refractivity (Wildman–Crippen MR) is 98.6 cm³/mol. The van der Waals surface area contributed by atoms with E-state index in [1.807, 2.05) is 24.3 Å². The van der Waals surface area contributed by atoms with E-state index in [1.54, 1.807) is 13.8 Å². The topological polar surface area (TPSA) is 87.0 Å². The Labute approximate surface area is 158 Å². The lowest BCUT2D eigenvalue weighted by atomic mass is 10.2. The first-order valence-corrected chi connectivity index (χ1v) is 8.57. The molecule has 0 spiro atoms. The van der Waals surface area contributed by atoms with Gasteiger partial charge in [0, 0.05) is 15.3 Å². The maximum Gasteiger partial charge on any atom is 0.513 e. The summed E-state index contributed by atoms with van der Waals surface area (Å²) in [6.07, 6.45) is -0.867. The molecule has 0 aliphatic rings. The smallest absolute Gasteiger partial charge is 0.464 e. The van der Waals surface area contributed by atoms with E-state index in [0.29, 0.717) is 5.76 Å². The first-order chi connectivity index (χ1) is 11.9. The van der Waals surface area contributed by atoms with Gasteiger partial charge in [0.2, 0.25) is 0 Å². The molecule has 8 heteroatoms. The summed E-state index contributed by atoms with van der Waals surface area (Å²) in [5.74, 6) is 0.299. The molecular weight excluding hydrogens is 441 g/mol. The van der Waals surface area contributed by atoms with Crippen molar-refractivity contribution in [2.75, 3.05) is 19.0 Å². The molecule has 0 amide bonds. The van der Waals surface area contributed by atoms with Gasteiger partial charge in [0.05, 0.1) is 13.7 Å². The lowest BCUT2D eigenvalue weighted by Gasteiger charge is -2.16. The van der Waals surface area contributed by atoms with Gasteiger partial charge in [-0.3, -0.25) is 0 Å². The first-order valence-electron chi connectivity index (χ1n) is 7.49. The number of hydrogen-bond donors (Lipinski definition) is 1. The number of benzene rings is 1. The number of aryl methyl sites for hydroxylation is 1. The molecule has 2 rings (SSSR count). The normalized spacial score (nSPS) is 11.5. The molecule has 0 aliphatic carbocycles. The number of hydrogen-bond acceptors (Lipinski definition) is 7. The van der Waals surface area contributed by atoms with Crippen LogP contribution in [0.1, 0.15) is 24.5 Å². The molecule has 1 atom stereocenters. The minimum atomic E-state index is -0.881. The third-order valence-corrected chi connectivity index (χ3v) is 3.93. The van der Waals surface area contributed by atoms with E-state index in [2.05, 4.69) is 32.6 Å². The van der Waals surface area contributed by atoms with Crippen molar-refractivity contribution < 1.29 is 28.2 Å². The number of carbonyl (C=O) groups excluding carboxylic acids is 2. The molecule has 0 saturated carbocycles. The number of esters is 1. The molecule has 2 aromatic rings. The number of nitrogens with one attached hydrogen (secondary N) is 1. The molecule has 0 fully saturated rings. The Kier molecular flexibility index (Phi) is 6.68. The van der Waals surface area contributed by atoms with Gasteiger partial charge in [-0.1, -0.05) is 0 Å². The Morgan fingerprint density at radius 2 is 1.96 bits per heavy atom. The highest BCUT2D eigenvalue weighted by molar-refractivity contribution is 14.1. The van der Waals surface area contributed by atoms with Gasteiger partial charge in [-0.15, -0.1) is 0 Å². The van der Waals surface area contributed by atoms with Crippen LogP contribution in [0.4, 0.5) is 10.5 Å². The Balaban J connectivity index is 2.28. The summed E-state index contributed by atoms with van der Waals surface area (Å²) in [4.78, 5) is 23.6. The van der Waals surface area contributed by atoms with Gasteiger partial charge in [-0.2, -0.15) is 0 Å². The van der Waals surface area contributed by atoms with Crippen molar-refractivity contribution in [2.45, 2.75) is 19.9 Å². The zero-order valence-electron chi connectivity index (χ0n) is 14.0. The van der Waals surface area contributed by atoms with Crippen LogP contribution in [-0.2, 0) is 14.3 Å². The Morgan fingerprint density at radius 1 is 1.28 bits per heavy atom. The van der Waals surface area contributed by atoms with Gasteiger partial charge in [0.15, 0.2) is 11.8 Å². The Hall–Kier alpha value is -2.23. The second-order valence-corrected chi connectivity index (χ2v) is 6.21. The second-order valence-electron chi connectivity index (χ2n) is 4.96. The van der Waals surface area contributed by atoms with Crippen molar-refractivity contribution in [1.29, 1.82) is 0 Å². The monoisotopic (exact) mass is 459 g/mol. The minimum Gasteiger partial charge on any atom is -0.464 e. The molecule has 0 saturated heterocycles.